The van der Waals surface area contributed by atoms with E-state index in [4.69, 9.17) is 5.73 Å². The van der Waals surface area contributed by atoms with Gasteiger partial charge in [-0.2, -0.15) is 0 Å². The maximum Gasteiger partial charge on any atom is 0.224 e. The fourth-order valence-electron chi connectivity index (χ4n) is 0.902. The number of halogens is 2. The van der Waals surface area contributed by atoms with Crippen molar-refractivity contribution in [3.63, 3.8) is 0 Å². The third-order valence-electron chi connectivity index (χ3n) is 1.87. The average Bonchev–Trinajstić information content (AvgIpc) is 2.59. The van der Waals surface area contributed by atoms with Crippen LogP contribution in [-0.4, -0.2) is 12.5 Å². The van der Waals surface area contributed by atoms with Crippen molar-refractivity contribution in [1.82, 2.24) is 5.32 Å². The highest BCUT2D eigenvalue weighted by Crippen LogP contribution is 2.21. The van der Waals surface area contributed by atoms with E-state index in [1.165, 1.54) is 0 Å². The molecule has 3 nitrogen and oxygen atoms in total. The van der Waals surface area contributed by atoms with Crippen LogP contribution in [0.4, 0.5) is 0 Å². The fourth-order valence-corrected chi connectivity index (χ4v) is 2.33. The second kappa shape index (κ2) is 7.22. The summed E-state index contributed by atoms with van der Waals surface area (Å²) in [7, 11) is 0. The molecule has 1 unspecified atom stereocenters. The first-order valence-corrected chi connectivity index (χ1v) is 5.96. The summed E-state index contributed by atoms with van der Waals surface area (Å²) in [5.41, 5.74) is 5.38. The lowest BCUT2D eigenvalue weighted by Gasteiger charge is -2.08. The molecule has 0 bridgehead atoms. The van der Waals surface area contributed by atoms with Crippen molar-refractivity contribution in [3.05, 3.63) is 20.8 Å². The Labute approximate surface area is 108 Å². The molecule has 0 aliphatic rings. The number of hydrogen-bond acceptors (Lipinski definition) is 3. The highest BCUT2D eigenvalue weighted by molar-refractivity contribution is 9.11. The molecule has 1 aromatic rings. The molecule has 0 aliphatic heterocycles. The topological polar surface area (TPSA) is 55.1 Å². The number of rotatable bonds is 4. The van der Waals surface area contributed by atoms with Gasteiger partial charge in [-0.25, -0.2) is 0 Å². The van der Waals surface area contributed by atoms with E-state index in [0.29, 0.717) is 13.1 Å². The predicted octanol–water partition coefficient (Wildman–Crippen LogP) is 2.14. The van der Waals surface area contributed by atoms with Crippen molar-refractivity contribution in [2.24, 2.45) is 11.7 Å². The van der Waals surface area contributed by atoms with Crippen molar-refractivity contribution in [1.29, 1.82) is 0 Å². The number of nitrogens with one attached hydrogen (secondary N) is 1. The van der Waals surface area contributed by atoms with Gasteiger partial charge < -0.3 is 11.1 Å². The smallest absolute Gasteiger partial charge is 0.224 e. The van der Waals surface area contributed by atoms with Crippen LogP contribution in [-0.2, 0) is 11.3 Å². The molecule has 1 heterocycles. The Morgan fingerprint density at radius 1 is 1.67 bits per heavy atom. The van der Waals surface area contributed by atoms with Crippen molar-refractivity contribution in [2.45, 2.75) is 13.5 Å². The van der Waals surface area contributed by atoms with Crippen LogP contribution in [0.1, 0.15) is 11.8 Å². The van der Waals surface area contributed by atoms with Crippen molar-refractivity contribution < 1.29 is 4.79 Å². The van der Waals surface area contributed by atoms with E-state index >= 15 is 0 Å². The summed E-state index contributed by atoms with van der Waals surface area (Å²) < 4.78 is 1.08. The van der Waals surface area contributed by atoms with Gasteiger partial charge in [0.25, 0.3) is 0 Å². The zero-order chi connectivity index (χ0) is 10.6. The van der Waals surface area contributed by atoms with Gasteiger partial charge in [-0.15, -0.1) is 23.7 Å². The van der Waals surface area contributed by atoms with E-state index in [2.05, 4.69) is 21.2 Å². The zero-order valence-electron chi connectivity index (χ0n) is 8.33. The molecule has 0 fully saturated rings. The molecule has 6 heteroatoms. The van der Waals surface area contributed by atoms with E-state index in [1.807, 2.05) is 19.1 Å². The second-order valence-electron chi connectivity index (χ2n) is 3.06. The van der Waals surface area contributed by atoms with Crippen LogP contribution in [0.15, 0.2) is 15.9 Å². The third kappa shape index (κ3) is 4.97. The van der Waals surface area contributed by atoms with E-state index in [-0.39, 0.29) is 24.2 Å². The molecule has 0 saturated heterocycles. The summed E-state index contributed by atoms with van der Waals surface area (Å²) in [5.74, 6) is -0.101. The molecule has 86 valence electrons. The minimum atomic E-state index is -0.113. The first kappa shape index (κ1) is 14.9. The second-order valence-corrected chi connectivity index (χ2v) is 5.61. The van der Waals surface area contributed by atoms with Gasteiger partial charge in [-0.3, -0.25) is 4.79 Å². The van der Waals surface area contributed by atoms with Crippen molar-refractivity contribution in [3.8, 4) is 0 Å². The van der Waals surface area contributed by atoms with Gasteiger partial charge in [-0.05, 0) is 28.1 Å². The molecular formula is C9H14BrClN2OS. The highest BCUT2D eigenvalue weighted by Gasteiger charge is 2.10. The normalized spacial score (nSPS) is 11.7. The summed E-state index contributed by atoms with van der Waals surface area (Å²) in [6, 6.07) is 3.96. The van der Waals surface area contributed by atoms with Crippen LogP contribution in [0.25, 0.3) is 0 Å². The van der Waals surface area contributed by atoms with Crippen LogP contribution in [0, 0.1) is 5.92 Å². The Hall–Kier alpha value is -0.100. The van der Waals surface area contributed by atoms with Gasteiger partial charge in [0, 0.05) is 17.3 Å². The Morgan fingerprint density at radius 3 is 2.80 bits per heavy atom. The molecule has 0 saturated carbocycles. The number of thiophene rings is 1. The molecule has 1 amide bonds. The van der Waals surface area contributed by atoms with Crippen molar-refractivity contribution in [2.75, 3.05) is 6.54 Å². The van der Waals surface area contributed by atoms with Crippen LogP contribution in [0.3, 0.4) is 0 Å². The average molecular weight is 314 g/mol. The van der Waals surface area contributed by atoms with Crippen LogP contribution >= 0.6 is 39.7 Å². The number of nitrogens with two attached hydrogens (primary N) is 1. The maximum absolute atomic E-state index is 11.4. The standard InChI is InChI=1S/C9H13BrN2OS.ClH/c1-6(4-11)9(13)12-5-7-2-3-8(10)14-7;/h2-3,6H,4-5,11H2,1H3,(H,12,13);1H. The number of amides is 1. The molecule has 0 spiro atoms. The predicted molar refractivity (Wildman–Crippen MR) is 69.3 cm³/mol. The molecule has 1 aromatic heterocycles. The molecular weight excluding hydrogens is 300 g/mol. The monoisotopic (exact) mass is 312 g/mol. The van der Waals surface area contributed by atoms with Gasteiger partial charge in [-0.1, -0.05) is 6.92 Å². The fraction of sp³-hybridized carbons (Fsp3) is 0.444. The summed E-state index contributed by atoms with van der Waals surface area (Å²) >= 11 is 4.99. The van der Waals surface area contributed by atoms with E-state index < -0.39 is 0 Å². The number of carbonyl (C=O) groups is 1. The summed E-state index contributed by atoms with van der Waals surface area (Å²) in [4.78, 5) is 12.5. The minimum absolute atomic E-state index is 0. The summed E-state index contributed by atoms with van der Waals surface area (Å²) in [6.45, 7) is 2.79. The van der Waals surface area contributed by atoms with Crippen molar-refractivity contribution >= 4 is 45.6 Å². The first-order valence-electron chi connectivity index (χ1n) is 4.35. The Kier molecular flexibility index (Phi) is 7.17. The molecule has 0 radical (unpaired) electrons. The molecule has 3 N–H and O–H groups in total. The van der Waals surface area contributed by atoms with Crippen LogP contribution < -0.4 is 11.1 Å². The summed E-state index contributed by atoms with van der Waals surface area (Å²) in [6.07, 6.45) is 0. The van der Waals surface area contributed by atoms with Gasteiger partial charge >= 0.3 is 0 Å². The lowest BCUT2D eigenvalue weighted by Crippen LogP contribution is -2.32. The molecule has 1 atom stereocenters. The third-order valence-corrected chi connectivity index (χ3v) is 3.49. The minimum Gasteiger partial charge on any atom is -0.351 e. The van der Waals surface area contributed by atoms with Crippen LogP contribution in [0.5, 0.6) is 0 Å². The quantitative estimate of drug-likeness (QED) is 0.895. The Morgan fingerprint density at radius 2 is 2.33 bits per heavy atom. The van der Waals surface area contributed by atoms with Gasteiger partial charge in [0.15, 0.2) is 0 Å². The Bertz CT molecular complexity index is 319. The lowest BCUT2D eigenvalue weighted by molar-refractivity contribution is -0.124. The number of hydrogen-bond donors (Lipinski definition) is 2. The molecule has 15 heavy (non-hydrogen) atoms. The van der Waals surface area contributed by atoms with Gasteiger partial charge in [0.1, 0.15) is 0 Å². The molecule has 0 aliphatic carbocycles. The lowest BCUT2D eigenvalue weighted by atomic mass is 10.2. The van der Waals surface area contributed by atoms with E-state index in [9.17, 15) is 4.79 Å². The zero-order valence-corrected chi connectivity index (χ0v) is 11.5. The number of carbonyl (C=O) groups excluding carboxylic acids is 1. The molecule has 1 rings (SSSR count). The highest BCUT2D eigenvalue weighted by atomic mass is 79.9. The van der Waals surface area contributed by atoms with E-state index in [1.54, 1.807) is 11.3 Å². The van der Waals surface area contributed by atoms with Gasteiger partial charge in [0.2, 0.25) is 5.91 Å². The molecule has 0 aromatic carbocycles. The van der Waals surface area contributed by atoms with E-state index in [0.717, 1.165) is 8.66 Å². The SMILES string of the molecule is CC(CN)C(=O)NCc1ccc(Br)s1.Cl. The summed E-state index contributed by atoms with van der Waals surface area (Å²) in [5, 5.41) is 2.83. The largest absolute Gasteiger partial charge is 0.351 e. The Balaban J connectivity index is 0.00000196. The van der Waals surface area contributed by atoms with Crippen LogP contribution in [0.2, 0.25) is 0 Å². The maximum atomic E-state index is 11.4. The van der Waals surface area contributed by atoms with Gasteiger partial charge in [0.05, 0.1) is 10.3 Å². The first-order chi connectivity index (χ1) is 6.63.